The number of hydrogen-bond acceptors (Lipinski definition) is 15. The number of ketones is 2. The Balaban J connectivity index is 1.45. The van der Waals surface area contributed by atoms with Crippen molar-refractivity contribution in [3.05, 3.63) is 56.5 Å². The Kier molecular flexibility index (Phi) is 10.9. The molecular weight excluding hydrogens is 714 g/mol. The molecule has 1 aromatic carbocycles. The van der Waals surface area contributed by atoms with Crippen molar-refractivity contribution in [2.75, 3.05) is 58.3 Å². The monoisotopic (exact) mass is 755 g/mol. The maximum absolute atomic E-state index is 14.2. The summed E-state index contributed by atoms with van der Waals surface area (Å²) in [5, 5.41) is 52.0. The number of likely N-dealkylation sites (N-methyl/N-ethyl adjacent to an activating group) is 1. The van der Waals surface area contributed by atoms with Gasteiger partial charge in [0.05, 0.1) is 22.9 Å². The molecular formula is C35H41N5O12S. The molecule has 0 aliphatic heterocycles. The highest BCUT2D eigenvalue weighted by atomic mass is 32.1. The Labute approximate surface area is 307 Å². The smallest absolute Gasteiger partial charge is 0.413 e. The number of carbonyl (C=O) groups excluding carboxylic acids is 6. The molecule has 53 heavy (non-hydrogen) atoms. The number of carbonyl (C=O) groups is 6. The van der Waals surface area contributed by atoms with Crippen molar-refractivity contribution < 1.29 is 58.7 Å². The fraction of sp³-hybridized carbons (Fsp3) is 0.429. The molecule has 0 radical (unpaired) electrons. The summed E-state index contributed by atoms with van der Waals surface area (Å²) in [7, 11) is 6.39. The van der Waals surface area contributed by atoms with Crippen molar-refractivity contribution in [2.24, 2.45) is 17.6 Å². The van der Waals surface area contributed by atoms with Gasteiger partial charge in [-0.05, 0) is 62.4 Å². The lowest BCUT2D eigenvalue weighted by molar-refractivity contribution is -0.153. The number of thiophene rings is 1. The molecule has 1 aromatic heterocycles. The van der Waals surface area contributed by atoms with Crippen LogP contribution in [0.4, 0.5) is 16.2 Å². The highest BCUT2D eigenvalue weighted by molar-refractivity contribution is 7.08. The minimum Gasteiger partial charge on any atom is -0.508 e. The molecule has 1 heterocycles. The van der Waals surface area contributed by atoms with E-state index in [0.717, 1.165) is 4.90 Å². The molecule has 0 unspecified atom stereocenters. The Morgan fingerprint density at radius 3 is 2.38 bits per heavy atom. The number of aliphatic hydroxyl groups is 3. The molecule has 2 aromatic rings. The molecule has 7 N–H and O–H groups in total. The van der Waals surface area contributed by atoms with Gasteiger partial charge in [-0.2, -0.15) is 11.3 Å². The van der Waals surface area contributed by atoms with Gasteiger partial charge >= 0.3 is 12.1 Å². The summed E-state index contributed by atoms with van der Waals surface area (Å²) in [5.74, 6) is -9.43. The predicted octanol–water partition coefficient (Wildman–Crippen LogP) is 1.69. The molecule has 1 saturated carbocycles. The molecule has 5 rings (SSSR count). The summed E-state index contributed by atoms with van der Waals surface area (Å²) in [6.07, 6.45) is -0.557. The summed E-state index contributed by atoms with van der Waals surface area (Å²) >= 11 is 1.29. The maximum Gasteiger partial charge on any atom is 0.413 e. The number of fused-ring (bicyclic) bond motifs is 3. The van der Waals surface area contributed by atoms with Gasteiger partial charge in [-0.15, -0.1) is 0 Å². The van der Waals surface area contributed by atoms with Crippen LogP contribution in [0.2, 0.25) is 0 Å². The van der Waals surface area contributed by atoms with Crippen LogP contribution in [0.15, 0.2) is 39.8 Å². The maximum atomic E-state index is 14.2. The molecule has 3 amide bonds. The van der Waals surface area contributed by atoms with Crippen LogP contribution < -0.4 is 16.0 Å². The Bertz CT molecular complexity index is 1940. The molecule has 18 heteroatoms. The lowest BCUT2D eigenvalue weighted by atomic mass is 9.57. The van der Waals surface area contributed by atoms with Crippen molar-refractivity contribution >= 4 is 63.9 Å². The summed E-state index contributed by atoms with van der Waals surface area (Å²) in [5.41, 5.74) is 2.02. The Hall–Kier alpha value is -5.46. The summed E-state index contributed by atoms with van der Waals surface area (Å²) in [6, 6.07) is 1.78. The lowest BCUT2D eigenvalue weighted by Gasteiger charge is -2.50. The number of aliphatic hydroxyl groups excluding tert-OH is 2. The van der Waals surface area contributed by atoms with Crippen molar-refractivity contribution in [3.63, 3.8) is 0 Å². The van der Waals surface area contributed by atoms with Crippen LogP contribution in [-0.2, 0) is 35.1 Å². The van der Waals surface area contributed by atoms with E-state index in [9.17, 15) is 49.2 Å². The van der Waals surface area contributed by atoms with Crippen molar-refractivity contribution in [1.82, 2.24) is 9.80 Å². The highest BCUT2D eigenvalue weighted by Gasteiger charge is 2.64. The predicted molar refractivity (Wildman–Crippen MR) is 190 cm³/mol. The van der Waals surface area contributed by atoms with Gasteiger partial charge in [-0.25, -0.2) is 9.59 Å². The molecule has 284 valence electrons. The fourth-order valence-corrected chi connectivity index (χ4v) is 7.97. The molecule has 0 spiro atoms. The first-order valence-electron chi connectivity index (χ1n) is 16.6. The molecule has 3 aliphatic rings. The Morgan fingerprint density at radius 2 is 1.79 bits per heavy atom. The van der Waals surface area contributed by atoms with E-state index < -0.39 is 95.1 Å². The van der Waals surface area contributed by atoms with Crippen LogP contribution in [0.3, 0.4) is 0 Å². The molecule has 17 nitrogen and oxygen atoms in total. The number of anilines is 2. The average Bonchev–Trinajstić information content (AvgIpc) is 3.62. The van der Waals surface area contributed by atoms with Gasteiger partial charge < -0.3 is 45.9 Å². The second-order valence-corrected chi connectivity index (χ2v) is 14.2. The van der Waals surface area contributed by atoms with Gasteiger partial charge in [0.1, 0.15) is 29.4 Å². The number of Topliss-reactive ketones (excluding diaryl/α,β-unsaturated/α-hetero) is 2. The number of primary amides is 1. The zero-order chi connectivity index (χ0) is 39.1. The minimum atomic E-state index is -2.81. The number of aromatic hydroxyl groups is 1. The number of amides is 3. The number of phenolic OH excluding ortho intramolecular Hbond substituents is 1. The molecule has 0 bridgehead atoms. The van der Waals surface area contributed by atoms with Gasteiger partial charge in [0.15, 0.2) is 11.4 Å². The Morgan fingerprint density at radius 1 is 1.09 bits per heavy atom. The number of benzene rings is 1. The minimum absolute atomic E-state index is 0.0386. The van der Waals surface area contributed by atoms with Crippen molar-refractivity contribution in [3.8, 4) is 5.75 Å². The molecule has 1 fully saturated rings. The van der Waals surface area contributed by atoms with E-state index in [4.69, 9.17) is 15.2 Å². The van der Waals surface area contributed by atoms with E-state index in [1.165, 1.54) is 36.4 Å². The summed E-state index contributed by atoms with van der Waals surface area (Å²) in [6.45, 7) is 0.613. The second kappa shape index (κ2) is 14.9. The van der Waals surface area contributed by atoms with Gasteiger partial charge in [0.25, 0.3) is 5.91 Å². The van der Waals surface area contributed by atoms with Crippen LogP contribution in [0.25, 0.3) is 5.76 Å². The van der Waals surface area contributed by atoms with Crippen molar-refractivity contribution in [1.29, 1.82) is 0 Å². The number of nitrogens with one attached hydrogen (secondary N) is 1. The zero-order valence-corrected chi connectivity index (χ0v) is 30.5. The highest BCUT2D eigenvalue weighted by Crippen LogP contribution is 2.54. The lowest BCUT2D eigenvalue weighted by Crippen LogP contribution is -2.65. The number of ether oxygens (including phenoxy) is 2. The number of esters is 1. The number of hydrogen-bond donors (Lipinski definition) is 6. The van der Waals surface area contributed by atoms with E-state index in [1.807, 2.05) is 0 Å². The van der Waals surface area contributed by atoms with Gasteiger partial charge in [-0.3, -0.25) is 29.0 Å². The number of nitrogens with zero attached hydrogens (tertiary/aromatic N) is 3. The van der Waals surface area contributed by atoms with Gasteiger partial charge in [0.2, 0.25) is 18.5 Å². The first kappa shape index (κ1) is 38.8. The van der Waals surface area contributed by atoms with E-state index in [1.54, 1.807) is 42.7 Å². The topological polar surface area (TPSA) is 250 Å². The average molecular weight is 756 g/mol. The largest absolute Gasteiger partial charge is 0.508 e. The zero-order valence-electron chi connectivity index (χ0n) is 29.7. The summed E-state index contributed by atoms with van der Waals surface area (Å²) < 4.78 is 10.0. The number of rotatable bonds is 11. The molecule has 4 atom stereocenters. The second-order valence-electron chi connectivity index (χ2n) is 13.4. The number of phenols is 1. The van der Waals surface area contributed by atoms with Crippen LogP contribution in [0.1, 0.15) is 41.3 Å². The SMILES string of the molecule is CCCN(CC(=O)Nc1cc(N(C)C)c2c(c1O)C(O)=C1C(=O)[C@]3(O)C(O)=C(C(N)=O)C(=O)[C@@H](N(C)C)[C@@H]3C[C@@H]1C2)C(=O)OCOC(=O)c1ccsc1. The fourth-order valence-electron chi connectivity index (χ4n) is 7.34. The van der Waals surface area contributed by atoms with E-state index in [0.29, 0.717) is 23.2 Å². The molecule has 0 saturated heterocycles. The van der Waals surface area contributed by atoms with Crippen LogP contribution in [0.5, 0.6) is 5.75 Å². The normalized spacial score (nSPS) is 22.1. The standard InChI is InChI=1S/C35H41N5O12S/c1-6-8-40(34(49)52-15-51-33(48)16-7-9-53-14-16)13-22(41)37-20-12-21(38(2)3)18-10-17-11-19-26(39(4)5)29(44)25(32(36)47)31(46)35(19,50)30(45)23(17)28(43)24(18)27(20)42/h7,9,12,14,17,19,26,42-43,46,50H,6,8,10-11,13,15H2,1-5H3,(H2,36,47)(H,37,41)/t17-,19-,26-,35-/m0/s1. The van der Waals surface area contributed by atoms with E-state index in [2.05, 4.69) is 5.32 Å². The third-order valence-corrected chi connectivity index (χ3v) is 10.4. The third-order valence-electron chi connectivity index (χ3n) is 9.67. The van der Waals surface area contributed by atoms with Crippen LogP contribution >= 0.6 is 11.3 Å². The van der Waals surface area contributed by atoms with Gasteiger partial charge in [0, 0.05) is 43.2 Å². The molecule has 3 aliphatic carbocycles. The van der Waals surface area contributed by atoms with Gasteiger partial charge in [-0.1, -0.05) is 6.92 Å². The van der Waals surface area contributed by atoms with Crippen LogP contribution in [0, 0.1) is 11.8 Å². The quantitative estimate of drug-likeness (QED) is 0.0827. The third kappa shape index (κ3) is 6.80. The first-order chi connectivity index (χ1) is 24.9. The van der Waals surface area contributed by atoms with E-state index >= 15 is 0 Å². The van der Waals surface area contributed by atoms with E-state index in [-0.39, 0.29) is 36.2 Å². The number of nitrogens with two attached hydrogens (primary N) is 1. The first-order valence-corrected chi connectivity index (χ1v) is 17.5. The van der Waals surface area contributed by atoms with Crippen LogP contribution in [-0.4, -0.2) is 125 Å². The van der Waals surface area contributed by atoms with Crippen molar-refractivity contribution in [2.45, 2.75) is 37.8 Å². The summed E-state index contributed by atoms with van der Waals surface area (Å²) in [4.78, 5) is 82.1.